The Balaban J connectivity index is 1.77. The van der Waals surface area contributed by atoms with Crippen LogP contribution in [0.4, 0.5) is 4.39 Å². The van der Waals surface area contributed by atoms with E-state index >= 15 is 0 Å². The van der Waals surface area contributed by atoms with Crippen LogP contribution in [0.1, 0.15) is 62.1 Å². The van der Waals surface area contributed by atoms with Gasteiger partial charge in [-0.05, 0) is 74.1 Å². The van der Waals surface area contributed by atoms with E-state index in [-0.39, 0.29) is 36.8 Å². The molecule has 3 rings (SSSR count). The number of amides is 2. The molecule has 0 saturated heterocycles. The summed E-state index contributed by atoms with van der Waals surface area (Å²) in [6, 6.07) is 9.30. The Kier molecular flexibility index (Phi) is 9.51. The molecule has 0 heterocycles. The number of carbonyl (C=O) groups excluding carboxylic acids is 2. The Bertz CT molecular complexity index is 967. The van der Waals surface area contributed by atoms with E-state index in [1.54, 1.807) is 17.0 Å². The first-order valence-electron chi connectivity index (χ1n) is 12.0. The fourth-order valence-electron chi connectivity index (χ4n) is 4.47. The molecule has 1 aliphatic rings. The van der Waals surface area contributed by atoms with Crippen LogP contribution in [0, 0.1) is 19.7 Å². The van der Waals surface area contributed by atoms with Crippen molar-refractivity contribution in [2.45, 2.75) is 77.9 Å². The minimum atomic E-state index is -0.628. The lowest BCUT2D eigenvalue weighted by molar-refractivity contribution is -0.143. The van der Waals surface area contributed by atoms with E-state index in [4.69, 9.17) is 4.74 Å². The molecule has 0 spiro atoms. The average molecular weight is 533 g/mol. The fourth-order valence-corrected chi connectivity index (χ4v) is 4.70. The third-order valence-corrected chi connectivity index (χ3v) is 7.63. The summed E-state index contributed by atoms with van der Waals surface area (Å²) < 4.78 is 20.3. The van der Waals surface area contributed by atoms with Crippen LogP contribution in [0.25, 0.3) is 0 Å². The summed E-state index contributed by atoms with van der Waals surface area (Å²) in [7, 11) is 0. The number of hydrogen-bond donors (Lipinski definition) is 1. The highest BCUT2D eigenvalue weighted by Gasteiger charge is 2.30. The average Bonchev–Trinajstić information content (AvgIpc) is 2.82. The van der Waals surface area contributed by atoms with E-state index in [2.05, 4.69) is 21.2 Å². The summed E-state index contributed by atoms with van der Waals surface area (Å²) in [6.45, 7) is 5.86. The van der Waals surface area contributed by atoms with Crippen LogP contribution in [-0.4, -0.2) is 35.4 Å². The summed E-state index contributed by atoms with van der Waals surface area (Å²) in [4.78, 5) is 28.1. The quantitative estimate of drug-likeness (QED) is 0.441. The first kappa shape index (κ1) is 26.2. The van der Waals surface area contributed by atoms with Crippen molar-refractivity contribution in [3.8, 4) is 5.75 Å². The van der Waals surface area contributed by atoms with Crippen molar-refractivity contribution in [2.24, 2.45) is 0 Å². The van der Waals surface area contributed by atoms with Crippen molar-refractivity contribution in [2.75, 3.05) is 6.61 Å². The lowest BCUT2D eigenvalue weighted by Gasteiger charge is -2.32. The molecule has 2 aromatic carbocycles. The highest BCUT2D eigenvalue weighted by Crippen LogP contribution is 2.26. The molecule has 1 fully saturated rings. The van der Waals surface area contributed by atoms with Gasteiger partial charge in [-0.3, -0.25) is 9.59 Å². The monoisotopic (exact) mass is 532 g/mol. The summed E-state index contributed by atoms with van der Waals surface area (Å²) in [6.07, 6.45) is 5.84. The molecule has 1 N–H and O–H groups in total. The maximum atomic E-state index is 13.4. The molecule has 0 bridgehead atoms. The van der Waals surface area contributed by atoms with Gasteiger partial charge < -0.3 is 15.0 Å². The Morgan fingerprint density at radius 1 is 1.12 bits per heavy atom. The summed E-state index contributed by atoms with van der Waals surface area (Å²) >= 11 is 3.54. The molecule has 1 aliphatic carbocycles. The van der Waals surface area contributed by atoms with Gasteiger partial charge in [-0.2, -0.15) is 0 Å². The molecule has 5 nitrogen and oxygen atoms in total. The van der Waals surface area contributed by atoms with Gasteiger partial charge in [0, 0.05) is 17.1 Å². The molecule has 0 aromatic heterocycles. The molecule has 1 saturated carbocycles. The normalized spacial score (nSPS) is 15.0. The Hall–Kier alpha value is -2.41. The van der Waals surface area contributed by atoms with Gasteiger partial charge >= 0.3 is 0 Å². The van der Waals surface area contributed by atoms with Crippen molar-refractivity contribution in [3.63, 3.8) is 0 Å². The van der Waals surface area contributed by atoms with E-state index in [1.165, 1.54) is 18.6 Å². The molecule has 2 amide bonds. The maximum Gasteiger partial charge on any atom is 0.261 e. The maximum absolute atomic E-state index is 13.4. The molecule has 184 valence electrons. The van der Waals surface area contributed by atoms with Gasteiger partial charge in [-0.25, -0.2) is 4.39 Å². The van der Waals surface area contributed by atoms with Crippen molar-refractivity contribution in [3.05, 3.63) is 63.4 Å². The van der Waals surface area contributed by atoms with Gasteiger partial charge in [-0.1, -0.05) is 54.2 Å². The largest absolute Gasteiger partial charge is 0.484 e. The Morgan fingerprint density at radius 2 is 1.74 bits per heavy atom. The molecule has 1 atom stereocenters. The van der Waals surface area contributed by atoms with Gasteiger partial charge in [0.15, 0.2) is 6.61 Å². The fraction of sp³-hybridized carbons (Fsp3) is 0.481. The van der Waals surface area contributed by atoms with Crippen LogP contribution < -0.4 is 10.1 Å². The Morgan fingerprint density at radius 3 is 2.32 bits per heavy atom. The molecule has 0 aliphatic heterocycles. The zero-order valence-corrected chi connectivity index (χ0v) is 21.8. The molecule has 2 aromatic rings. The van der Waals surface area contributed by atoms with Crippen LogP contribution in [0.2, 0.25) is 0 Å². The second-order valence-electron chi connectivity index (χ2n) is 9.08. The zero-order chi connectivity index (χ0) is 24.7. The zero-order valence-electron chi connectivity index (χ0n) is 20.2. The van der Waals surface area contributed by atoms with E-state index in [1.807, 2.05) is 32.9 Å². The predicted octanol–water partition coefficient (Wildman–Crippen LogP) is 5.84. The van der Waals surface area contributed by atoms with Crippen molar-refractivity contribution >= 4 is 27.7 Å². The number of halogens is 2. The number of ether oxygens (including phenoxy) is 1. The third kappa shape index (κ3) is 7.05. The van der Waals surface area contributed by atoms with Crippen LogP contribution >= 0.6 is 15.9 Å². The molecular formula is C27H34BrFN2O3. The van der Waals surface area contributed by atoms with Crippen molar-refractivity contribution in [1.82, 2.24) is 10.2 Å². The summed E-state index contributed by atoms with van der Waals surface area (Å²) in [5.41, 5.74) is 2.79. The van der Waals surface area contributed by atoms with Gasteiger partial charge in [0.2, 0.25) is 5.91 Å². The topological polar surface area (TPSA) is 58.6 Å². The van der Waals surface area contributed by atoms with Crippen LogP contribution in [0.15, 0.2) is 40.9 Å². The second kappa shape index (κ2) is 12.3. The summed E-state index contributed by atoms with van der Waals surface area (Å²) in [5, 5.41) is 3.16. The minimum Gasteiger partial charge on any atom is -0.484 e. The first-order chi connectivity index (χ1) is 16.3. The van der Waals surface area contributed by atoms with Gasteiger partial charge in [0.1, 0.15) is 17.6 Å². The van der Waals surface area contributed by atoms with Crippen LogP contribution in [0.5, 0.6) is 5.75 Å². The van der Waals surface area contributed by atoms with Gasteiger partial charge in [0.25, 0.3) is 5.91 Å². The number of carbonyl (C=O) groups is 2. The van der Waals surface area contributed by atoms with E-state index in [0.29, 0.717) is 12.2 Å². The Labute approximate surface area is 210 Å². The summed E-state index contributed by atoms with van der Waals surface area (Å²) in [5.74, 6) is -0.158. The lowest BCUT2D eigenvalue weighted by Crippen LogP contribution is -2.52. The standard InChI is InChI=1S/C27H34BrFN2O3/c1-4-24(27(33)30-22-8-6-5-7-9-22)31(16-20-10-12-21(29)13-11-20)25(32)17-34-23-14-18(2)26(28)19(3)15-23/h10-15,22,24H,4-9,16-17H2,1-3H3,(H,30,33)/t24-/m1/s1. The molecule has 0 unspecified atom stereocenters. The van der Waals surface area contributed by atoms with Crippen LogP contribution in [0.3, 0.4) is 0 Å². The van der Waals surface area contributed by atoms with Gasteiger partial charge in [-0.15, -0.1) is 0 Å². The SMILES string of the molecule is CC[C@H](C(=O)NC1CCCCC1)N(Cc1ccc(F)cc1)C(=O)COc1cc(C)c(Br)c(C)c1. The predicted molar refractivity (Wildman–Crippen MR) is 135 cm³/mol. The highest BCUT2D eigenvalue weighted by molar-refractivity contribution is 9.10. The number of rotatable bonds is 9. The van der Waals surface area contributed by atoms with Gasteiger partial charge in [0.05, 0.1) is 0 Å². The number of nitrogens with zero attached hydrogens (tertiary/aromatic N) is 1. The van der Waals surface area contributed by atoms with E-state index < -0.39 is 6.04 Å². The number of nitrogens with one attached hydrogen (secondary N) is 1. The smallest absolute Gasteiger partial charge is 0.261 e. The van der Waals surface area contributed by atoms with Crippen molar-refractivity contribution in [1.29, 1.82) is 0 Å². The molecule has 0 radical (unpaired) electrons. The lowest BCUT2D eigenvalue weighted by atomic mass is 9.95. The molecule has 7 heteroatoms. The number of hydrogen-bond acceptors (Lipinski definition) is 3. The number of aryl methyl sites for hydroxylation is 2. The van der Waals surface area contributed by atoms with E-state index in [9.17, 15) is 14.0 Å². The van der Waals surface area contributed by atoms with E-state index in [0.717, 1.165) is 46.8 Å². The first-order valence-corrected chi connectivity index (χ1v) is 12.8. The minimum absolute atomic E-state index is 0.139. The van der Waals surface area contributed by atoms with Crippen LogP contribution in [-0.2, 0) is 16.1 Å². The second-order valence-corrected chi connectivity index (χ2v) is 9.87. The van der Waals surface area contributed by atoms with Crippen molar-refractivity contribution < 1.29 is 18.7 Å². The number of benzene rings is 2. The molecular weight excluding hydrogens is 499 g/mol. The molecule has 34 heavy (non-hydrogen) atoms. The highest BCUT2D eigenvalue weighted by atomic mass is 79.9. The third-order valence-electron chi connectivity index (χ3n) is 6.38.